The van der Waals surface area contributed by atoms with Gasteiger partial charge in [-0.2, -0.15) is 0 Å². The van der Waals surface area contributed by atoms with Gasteiger partial charge in [-0.05, 0) is 30.2 Å². The van der Waals surface area contributed by atoms with Crippen LogP contribution in [0.3, 0.4) is 0 Å². The molecule has 2 rings (SSSR count). The van der Waals surface area contributed by atoms with E-state index in [9.17, 15) is 9.50 Å². The summed E-state index contributed by atoms with van der Waals surface area (Å²) in [5, 5.41) is 10.2. The van der Waals surface area contributed by atoms with E-state index < -0.39 is 6.10 Å². The van der Waals surface area contributed by atoms with E-state index >= 15 is 0 Å². The molecule has 0 aliphatic heterocycles. The summed E-state index contributed by atoms with van der Waals surface area (Å²) >= 11 is 3.41. The van der Waals surface area contributed by atoms with Gasteiger partial charge in [-0.25, -0.2) is 4.39 Å². The molecule has 0 aromatic heterocycles. The first kappa shape index (κ1) is 13.2. The number of hydrogen-bond donors (Lipinski definition) is 1. The quantitative estimate of drug-likeness (QED) is 0.902. The Morgan fingerprint density at radius 3 is 2.67 bits per heavy atom. The van der Waals surface area contributed by atoms with Crippen molar-refractivity contribution in [2.45, 2.75) is 19.4 Å². The molecule has 2 aromatic rings. The lowest BCUT2D eigenvalue weighted by atomic mass is 10.00. The first-order valence-electron chi connectivity index (χ1n) is 5.75. The van der Waals surface area contributed by atoms with Gasteiger partial charge in [-0.15, -0.1) is 0 Å². The van der Waals surface area contributed by atoms with Crippen LogP contribution in [0.1, 0.15) is 22.8 Å². The molecular weight excluding hydrogens is 295 g/mol. The van der Waals surface area contributed by atoms with Crippen LogP contribution in [0, 0.1) is 12.7 Å². The van der Waals surface area contributed by atoms with Crippen molar-refractivity contribution in [1.29, 1.82) is 0 Å². The minimum atomic E-state index is -0.712. The summed E-state index contributed by atoms with van der Waals surface area (Å²) in [7, 11) is 0. The van der Waals surface area contributed by atoms with Crippen LogP contribution in [-0.2, 0) is 6.42 Å². The minimum Gasteiger partial charge on any atom is -0.388 e. The van der Waals surface area contributed by atoms with Crippen LogP contribution in [0.15, 0.2) is 46.9 Å². The van der Waals surface area contributed by atoms with Crippen LogP contribution in [-0.4, -0.2) is 5.11 Å². The summed E-state index contributed by atoms with van der Waals surface area (Å²) < 4.78 is 14.4. The van der Waals surface area contributed by atoms with Crippen LogP contribution in [0.5, 0.6) is 0 Å². The molecule has 0 aliphatic carbocycles. The fraction of sp³-hybridized carbons (Fsp3) is 0.200. The Morgan fingerprint density at radius 1 is 1.22 bits per heavy atom. The van der Waals surface area contributed by atoms with Crippen LogP contribution < -0.4 is 0 Å². The molecule has 0 fully saturated rings. The van der Waals surface area contributed by atoms with E-state index in [1.165, 1.54) is 6.07 Å². The maximum atomic E-state index is 13.5. The van der Waals surface area contributed by atoms with E-state index in [1.807, 2.05) is 25.1 Å². The van der Waals surface area contributed by atoms with E-state index in [0.717, 1.165) is 15.6 Å². The zero-order valence-corrected chi connectivity index (χ0v) is 11.6. The third kappa shape index (κ3) is 2.98. The van der Waals surface area contributed by atoms with Gasteiger partial charge in [0.1, 0.15) is 5.82 Å². The number of aliphatic hydroxyl groups is 1. The molecule has 0 heterocycles. The standard InChI is InChI=1S/C15H14BrFO/c1-10-6-7-13(16)12(8-10)15(18)9-11-4-2-3-5-14(11)17/h2-8,15,18H,9H2,1H3. The molecule has 1 unspecified atom stereocenters. The van der Waals surface area contributed by atoms with Crippen molar-refractivity contribution < 1.29 is 9.50 Å². The molecule has 1 atom stereocenters. The van der Waals surface area contributed by atoms with Crippen molar-refractivity contribution in [3.8, 4) is 0 Å². The summed E-state index contributed by atoms with van der Waals surface area (Å²) in [6.45, 7) is 1.96. The van der Waals surface area contributed by atoms with Gasteiger partial charge in [0, 0.05) is 10.9 Å². The zero-order chi connectivity index (χ0) is 13.1. The van der Waals surface area contributed by atoms with Crippen molar-refractivity contribution >= 4 is 15.9 Å². The molecule has 2 aromatic carbocycles. The highest BCUT2D eigenvalue weighted by Gasteiger charge is 2.14. The summed E-state index contributed by atoms with van der Waals surface area (Å²) in [5.41, 5.74) is 2.39. The Bertz CT molecular complexity index is 554. The molecule has 0 radical (unpaired) electrons. The second-order valence-corrected chi connectivity index (χ2v) is 5.19. The third-order valence-electron chi connectivity index (χ3n) is 2.88. The van der Waals surface area contributed by atoms with Crippen molar-refractivity contribution in [2.75, 3.05) is 0 Å². The fourth-order valence-corrected chi connectivity index (χ4v) is 2.41. The lowest BCUT2D eigenvalue weighted by Gasteiger charge is -2.14. The van der Waals surface area contributed by atoms with Crippen molar-refractivity contribution in [3.05, 3.63) is 69.4 Å². The van der Waals surface area contributed by atoms with Gasteiger partial charge < -0.3 is 5.11 Å². The molecule has 0 aliphatic rings. The van der Waals surface area contributed by atoms with Gasteiger partial charge in [0.2, 0.25) is 0 Å². The minimum absolute atomic E-state index is 0.273. The second kappa shape index (κ2) is 5.63. The Labute approximate surface area is 114 Å². The Morgan fingerprint density at radius 2 is 1.94 bits per heavy atom. The maximum Gasteiger partial charge on any atom is 0.126 e. The number of aryl methyl sites for hydroxylation is 1. The highest BCUT2D eigenvalue weighted by atomic mass is 79.9. The molecule has 0 bridgehead atoms. The summed E-state index contributed by atoms with van der Waals surface area (Å²) in [5.74, 6) is -0.277. The predicted molar refractivity (Wildman–Crippen MR) is 73.9 cm³/mol. The normalized spacial score (nSPS) is 12.4. The lowest BCUT2D eigenvalue weighted by Crippen LogP contribution is -2.04. The van der Waals surface area contributed by atoms with Gasteiger partial charge in [-0.1, -0.05) is 51.8 Å². The molecule has 94 valence electrons. The van der Waals surface area contributed by atoms with Gasteiger partial charge >= 0.3 is 0 Å². The number of hydrogen-bond acceptors (Lipinski definition) is 1. The largest absolute Gasteiger partial charge is 0.388 e. The third-order valence-corrected chi connectivity index (χ3v) is 3.60. The topological polar surface area (TPSA) is 20.2 Å². The monoisotopic (exact) mass is 308 g/mol. The van der Waals surface area contributed by atoms with E-state index in [0.29, 0.717) is 5.56 Å². The van der Waals surface area contributed by atoms with Gasteiger partial charge in [0.25, 0.3) is 0 Å². The number of halogens is 2. The predicted octanol–water partition coefficient (Wildman–Crippen LogP) is 4.17. The van der Waals surface area contributed by atoms with Crippen LogP contribution in [0.4, 0.5) is 4.39 Å². The van der Waals surface area contributed by atoms with Gasteiger partial charge in [0.05, 0.1) is 6.10 Å². The van der Waals surface area contributed by atoms with E-state index in [4.69, 9.17) is 0 Å². The van der Waals surface area contributed by atoms with Crippen molar-refractivity contribution in [1.82, 2.24) is 0 Å². The van der Waals surface area contributed by atoms with E-state index in [1.54, 1.807) is 18.2 Å². The molecule has 0 spiro atoms. The Hall–Kier alpha value is -1.19. The van der Waals surface area contributed by atoms with Crippen molar-refractivity contribution in [2.24, 2.45) is 0 Å². The smallest absolute Gasteiger partial charge is 0.126 e. The molecule has 0 saturated carbocycles. The van der Waals surface area contributed by atoms with Crippen LogP contribution in [0.2, 0.25) is 0 Å². The Kier molecular flexibility index (Phi) is 4.15. The molecule has 0 saturated heterocycles. The molecular formula is C15H14BrFO. The zero-order valence-electron chi connectivity index (χ0n) is 10.0. The Balaban J connectivity index is 2.25. The SMILES string of the molecule is Cc1ccc(Br)c(C(O)Cc2ccccc2F)c1. The fourth-order valence-electron chi connectivity index (χ4n) is 1.90. The average molecular weight is 309 g/mol. The maximum absolute atomic E-state index is 13.5. The van der Waals surface area contributed by atoms with Gasteiger partial charge in [0.15, 0.2) is 0 Å². The summed E-state index contributed by atoms with van der Waals surface area (Å²) in [4.78, 5) is 0. The van der Waals surface area contributed by atoms with Crippen LogP contribution >= 0.6 is 15.9 Å². The lowest BCUT2D eigenvalue weighted by molar-refractivity contribution is 0.176. The number of rotatable bonds is 3. The molecule has 0 amide bonds. The van der Waals surface area contributed by atoms with Gasteiger partial charge in [-0.3, -0.25) is 0 Å². The first-order chi connectivity index (χ1) is 8.58. The summed E-state index contributed by atoms with van der Waals surface area (Å²) in [6.07, 6.45) is -0.439. The molecule has 18 heavy (non-hydrogen) atoms. The van der Waals surface area contributed by atoms with E-state index in [2.05, 4.69) is 15.9 Å². The van der Waals surface area contributed by atoms with Crippen molar-refractivity contribution in [3.63, 3.8) is 0 Å². The number of benzene rings is 2. The second-order valence-electron chi connectivity index (χ2n) is 4.34. The molecule has 1 N–H and O–H groups in total. The van der Waals surface area contributed by atoms with E-state index in [-0.39, 0.29) is 12.2 Å². The average Bonchev–Trinajstić information content (AvgIpc) is 2.35. The molecule has 3 heteroatoms. The summed E-state index contributed by atoms with van der Waals surface area (Å²) in [6, 6.07) is 12.3. The highest BCUT2D eigenvalue weighted by molar-refractivity contribution is 9.10. The first-order valence-corrected chi connectivity index (χ1v) is 6.55. The highest BCUT2D eigenvalue weighted by Crippen LogP contribution is 2.27. The molecule has 1 nitrogen and oxygen atoms in total. The number of aliphatic hydroxyl groups excluding tert-OH is 1. The van der Waals surface area contributed by atoms with Crippen LogP contribution in [0.25, 0.3) is 0 Å².